The lowest BCUT2D eigenvalue weighted by Crippen LogP contribution is -2.30. The molecule has 4 unspecified atom stereocenters. The second-order valence-electron chi connectivity index (χ2n) is 8.98. The molecule has 0 spiro atoms. The van der Waals surface area contributed by atoms with E-state index in [9.17, 15) is 0 Å². The first kappa shape index (κ1) is 20.9. The monoisotopic (exact) mass is 404 g/mol. The molecule has 2 saturated carbocycles. The molecule has 0 saturated heterocycles. The maximum atomic E-state index is 15.1. The molecule has 0 heterocycles. The second kappa shape index (κ2) is 9.64. The molecule has 1 nitrogen and oxygen atoms in total. The van der Waals surface area contributed by atoms with Gasteiger partial charge in [-0.25, -0.2) is 4.39 Å². The Morgan fingerprint density at radius 2 is 1.70 bits per heavy atom. The largest absolute Gasteiger partial charge is 0.490 e. The van der Waals surface area contributed by atoms with E-state index in [-0.39, 0.29) is 5.82 Å². The van der Waals surface area contributed by atoms with Crippen LogP contribution in [0.5, 0.6) is 5.75 Å². The molecule has 0 aromatic heterocycles. The topological polar surface area (TPSA) is 9.23 Å². The molecule has 2 aliphatic carbocycles. The smallest absolute Gasteiger partial charge is 0.127 e. The van der Waals surface area contributed by atoms with Crippen LogP contribution < -0.4 is 4.74 Å². The van der Waals surface area contributed by atoms with E-state index in [2.05, 4.69) is 18.7 Å². The van der Waals surface area contributed by atoms with Crippen LogP contribution in [0.1, 0.15) is 56.9 Å². The average molecular weight is 405 g/mol. The fourth-order valence-electron chi connectivity index (χ4n) is 5.44. The van der Waals surface area contributed by atoms with E-state index in [1.54, 1.807) is 6.07 Å². The highest BCUT2D eigenvalue weighted by Gasteiger charge is 2.35. The van der Waals surface area contributed by atoms with E-state index in [1.807, 2.05) is 49.4 Å². The number of allylic oxidation sites excluding steroid dienone is 2. The minimum atomic E-state index is -0.0517. The van der Waals surface area contributed by atoms with Gasteiger partial charge in [-0.2, -0.15) is 0 Å². The van der Waals surface area contributed by atoms with Crippen molar-refractivity contribution in [2.45, 2.75) is 51.4 Å². The third-order valence-electron chi connectivity index (χ3n) is 7.20. The van der Waals surface area contributed by atoms with E-state index in [1.165, 1.54) is 25.7 Å². The molecule has 2 aromatic rings. The van der Waals surface area contributed by atoms with Crippen LogP contribution in [0.25, 0.3) is 11.1 Å². The van der Waals surface area contributed by atoms with Crippen LogP contribution in [0.15, 0.2) is 67.3 Å². The van der Waals surface area contributed by atoms with Gasteiger partial charge >= 0.3 is 0 Å². The highest BCUT2D eigenvalue weighted by atomic mass is 19.1. The Bertz CT molecular complexity index is 882. The maximum absolute atomic E-state index is 15.1. The van der Waals surface area contributed by atoms with Gasteiger partial charge in [0.05, 0.1) is 0 Å². The Hall–Kier alpha value is -2.35. The lowest BCUT2D eigenvalue weighted by Gasteiger charge is -2.41. The first-order valence-electron chi connectivity index (χ1n) is 11.4. The van der Waals surface area contributed by atoms with E-state index in [0.29, 0.717) is 18.4 Å². The minimum absolute atomic E-state index is 0.0517. The Labute approximate surface area is 180 Å². The molecule has 0 N–H and O–H groups in total. The Morgan fingerprint density at radius 3 is 2.43 bits per heavy atom. The summed E-state index contributed by atoms with van der Waals surface area (Å²) in [5.41, 5.74) is 2.86. The fourth-order valence-corrected chi connectivity index (χ4v) is 5.44. The molecule has 4 rings (SSSR count). The zero-order valence-electron chi connectivity index (χ0n) is 18.0. The van der Waals surface area contributed by atoms with Gasteiger partial charge in [0.15, 0.2) is 0 Å². The van der Waals surface area contributed by atoms with Gasteiger partial charge in [-0.15, -0.1) is 6.58 Å². The van der Waals surface area contributed by atoms with Crippen molar-refractivity contribution in [1.82, 2.24) is 0 Å². The summed E-state index contributed by atoms with van der Waals surface area (Å²) in [4.78, 5) is 0. The van der Waals surface area contributed by atoms with Crippen molar-refractivity contribution in [3.8, 4) is 16.9 Å². The summed E-state index contributed by atoms with van der Waals surface area (Å²) in [5.74, 6) is 3.41. The molecule has 4 atom stereocenters. The van der Waals surface area contributed by atoms with E-state index in [0.717, 1.165) is 47.1 Å². The van der Waals surface area contributed by atoms with Gasteiger partial charge in [-0.1, -0.05) is 42.5 Å². The summed E-state index contributed by atoms with van der Waals surface area (Å²) >= 11 is 0. The molecule has 2 aromatic carbocycles. The third kappa shape index (κ3) is 4.69. The van der Waals surface area contributed by atoms with Gasteiger partial charge in [0, 0.05) is 0 Å². The van der Waals surface area contributed by atoms with Crippen molar-refractivity contribution in [3.05, 3.63) is 78.7 Å². The minimum Gasteiger partial charge on any atom is -0.490 e. The van der Waals surface area contributed by atoms with Crippen molar-refractivity contribution in [1.29, 1.82) is 0 Å². The Kier molecular flexibility index (Phi) is 6.72. The number of fused-ring (bicyclic) bond motifs is 1. The van der Waals surface area contributed by atoms with Crippen molar-refractivity contribution >= 4 is 0 Å². The predicted octanol–water partition coefficient (Wildman–Crippen LogP) is 7.93. The first-order valence-corrected chi connectivity index (χ1v) is 11.4. The molecular weight excluding hydrogens is 371 g/mol. The molecule has 0 radical (unpaired) electrons. The molecule has 0 bridgehead atoms. The lowest BCUT2D eigenvalue weighted by atomic mass is 9.64. The highest BCUT2D eigenvalue weighted by Crippen LogP contribution is 2.48. The number of benzene rings is 2. The molecule has 2 heteroatoms. The van der Waals surface area contributed by atoms with Gasteiger partial charge in [0.1, 0.15) is 18.2 Å². The first-order chi connectivity index (χ1) is 14.7. The van der Waals surface area contributed by atoms with Crippen LogP contribution in [0.2, 0.25) is 0 Å². The molecule has 2 fully saturated rings. The molecule has 2 aliphatic rings. The SMILES string of the molecule is C=CC1CCC2CC(c3ccc(-c4ccc(OC/C=C/C)cc4)cc3F)CCC2C1. The van der Waals surface area contributed by atoms with Crippen LogP contribution in [-0.2, 0) is 0 Å². The quantitative estimate of drug-likeness (QED) is 0.444. The maximum Gasteiger partial charge on any atom is 0.127 e. The van der Waals surface area contributed by atoms with Crippen molar-refractivity contribution in [3.63, 3.8) is 0 Å². The number of halogens is 1. The second-order valence-corrected chi connectivity index (χ2v) is 8.98. The number of rotatable bonds is 6. The van der Waals surface area contributed by atoms with Gasteiger partial charge in [0.2, 0.25) is 0 Å². The van der Waals surface area contributed by atoms with Crippen molar-refractivity contribution < 1.29 is 9.13 Å². The zero-order chi connectivity index (χ0) is 20.9. The van der Waals surface area contributed by atoms with Gasteiger partial charge in [0.25, 0.3) is 0 Å². The number of hydrogen-bond acceptors (Lipinski definition) is 1. The van der Waals surface area contributed by atoms with E-state index in [4.69, 9.17) is 4.74 Å². The van der Waals surface area contributed by atoms with Crippen LogP contribution in [0.4, 0.5) is 4.39 Å². The van der Waals surface area contributed by atoms with Crippen LogP contribution in [0, 0.1) is 23.6 Å². The summed E-state index contributed by atoms with van der Waals surface area (Å²) in [6.07, 6.45) is 13.4. The lowest BCUT2D eigenvalue weighted by molar-refractivity contribution is 0.132. The third-order valence-corrected chi connectivity index (χ3v) is 7.20. The molecule has 0 amide bonds. The Morgan fingerprint density at radius 1 is 0.967 bits per heavy atom. The molecule has 30 heavy (non-hydrogen) atoms. The summed E-state index contributed by atoms with van der Waals surface area (Å²) in [7, 11) is 0. The zero-order valence-corrected chi connectivity index (χ0v) is 18.0. The summed E-state index contributed by atoms with van der Waals surface area (Å²) in [6, 6.07) is 13.7. The van der Waals surface area contributed by atoms with Gasteiger partial charge < -0.3 is 4.74 Å². The number of ether oxygens (including phenoxy) is 1. The van der Waals surface area contributed by atoms with Crippen LogP contribution in [0.3, 0.4) is 0 Å². The Balaban J connectivity index is 1.43. The molecule has 158 valence electrons. The predicted molar refractivity (Wildman–Crippen MR) is 123 cm³/mol. The molecular formula is C28H33FO. The number of hydrogen-bond donors (Lipinski definition) is 0. The normalized spacial score (nSPS) is 26.3. The van der Waals surface area contributed by atoms with E-state index >= 15 is 4.39 Å². The standard InChI is InChI=1S/C28H33FO/c1-3-5-16-30-26-13-10-21(11-14-26)24-12-15-27(28(29)19-24)25-9-8-22-17-20(4-2)6-7-23(22)18-25/h3-5,10-15,19-20,22-23,25H,2,6-9,16-18H2,1H3/b5-3+. The van der Waals surface area contributed by atoms with Crippen LogP contribution in [-0.4, -0.2) is 6.61 Å². The highest BCUT2D eigenvalue weighted by molar-refractivity contribution is 5.64. The molecule has 0 aliphatic heterocycles. The van der Waals surface area contributed by atoms with Gasteiger partial charge in [-0.05, 0) is 104 Å². The summed E-state index contributed by atoms with van der Waals surface area (Å²) in [6.45, 7) is 6.53. The van der Waals surface area contributed by atoms with E-state index < -0.39 is 0 Å². The van der Waals surface area contributed by atoms with Crippen LogP contribution >= 0.6 is 0 Å². The van der Waals surface area contributed by atoms with Crippen molar-refractivity contribution in [2.75, 3.05) is 6.61 Å². The van der Waals surface area contributed by atoms with Gasteiger partial charge in [-0.3, -0.25) is 0 Å². The van der Waals surface area contributed by atoms with Crippen molar-refractivity contribution in [2.24, 2.45) is 17.8 Å². The summed E-state index contributed by atoms with van der Waals surface area (Å²) in [5, 5.41) is 0. The fraction of sp³-hybridized carbons (Fsp3) is 0.429. The summed E-state index contributed by atoms with van der Waals surface area (Å²) < 4.78 is 20.8. The average Bonchev–Trinajstić information content (AvgIpc) is 2.79.